The number of benzene rings is 1. The lowest BCUT2D eigenvalue weighted by molar-refractivity contribution is 0.0594. The Balaban J connectivity index is 2.08. The third-order valence-corrected chi connectivity index (χ3v) is 4.87. The normalized spacial score (nSPS) is 21.3. The maximum atomic E-state index is 14.0. The number of hydrogen-bond acceptors (Lipinski definition) is 4. The molecule has 1 saturated carbocycles. The summed E-state index contributed by atoms with van der Waals surface area (Å²) in [5.74, 6) is -2.00. The summed E-state index contributed by atoms with van der Waals surface area (Å²) >= 11 is 1.90. The van der Waals surface area contributed by atoms with Gasteiger partial charge in [0, 0.05) is 11.3 Å². The SMILES string of the molecule is CCSC1CCC(Nc2ccc(C(=O)OC)c(F)c2F)C1. The zero-order valence-corrected chi connectivity index (χ0v) is 12.9. The Kier molecular flexibility index (Phi) is 5.45. The molecule has 0 heterocycles. The lowest BCUT2D eigenvalue weighted by Gasteiger charge is -2.16. The van der Waals surface area contributed by atoms with E-state index in [1.807, 2.05) is 11.8 Å². The zero-order chi connectivity index (χ0) is 15.4. The van der Waals surface area contributed by atoms with Gasteiger partial charge in [0.2, 0.25) is 0 Å². The van der Waals surface area contributed by atoms with Gasteiger partial charge in [-0.3, -0.25) is 0 Å². The molecule has 0 spiro atoms. The molecule has 3 nitrogen and oxygen atoms in total. The number of methoxy groups -OCH3 is 1. The Labute approximate surface area is 127 Å². The van der Waals surface area contributed by atoms with Crippen molar-refractivity contribution in [2.24, 2.45) is 0 Å². The fourth-order valence-corrected chi connectivity index (χ4v) is 3.75. The zero-order valence-electron chi connectivity index (χ0n) is 12.1. The molecule has 2 rings (SSSR count). The average Bonchev–Trinajstić information content (AvgIpc) is 2.91. The Bertz CT molecular complexity index is 525. The topological polar surface area (TPSA) is 38.3 Å². The second-order valence-electron chi connectivity index (χ2n) is 5.01. The van der Waals surface area contributed by atoms with Gasteiger partial charge in [0.1, 0.15) is 0 Å². The van der Waals surface area contributed by atoms with Crippen LogP contribution in [0.2, 0.25) is 0 Å². The number of thioether (sulfide) groups is 1. The van der Waals surface area contributed by atoms with Gasteiger partial charge in [0.05, 0.1) is 18.4 Å². The minimum Gasteiger partial charge on any atom is -0.465 e. The highest BCUT2D eigenvalue weighted by Gasteiger charge is 2.26. The largest absolute Gasteiger partial charge is 0.465 e. The molecular formula is C15H19F2NO2S. The lowest BCUT2D eigenvalue weighted by atomic mass is 10.1. The summed E-state index contributed by atoms with van der Waals surface area (Å²) in [6.45, 7) is 2.12. The molecule has 116 valence electrons. The van der Waals surface area contributed by atoms with E-state index in [1.165, 1.54) is 12.1 Å². The summed E-state index contributed by atoms with van der Waals surface area (Å²) in [6, 6.07) is 2.79. The van der Waals surface area contributed by atoms with Crippen molar-refractivity contribution >= 4 is 23.4 Å². The molecule has 0 aromatic heterocycles. The molecular weight excluding hydrogens is 296 g/mol. The van der Waals surface area contributed by atoms with Crippen molar-refractivity contribution in [2.75, 3.05) is 18.2 Å². The van der Waals surface area contributed by atoms with Crippen LogP contribution < -0.4 is 5.32 Å². The van der Waals surface area contributed by atoms with Crippen molar-refractivity contribution in [3.63, 3.8) is 0 Å². The van der Waals surface area contributed by atoms with Crippen molar-refractivity contribution in [1.29, 1.82) is 0 Å². The summed E-state index contributed by atoms with van der Waals surface area (Å²) in [5.41, 5.74) is -0.279. The number of carbonyl (C=O) groups excluding carboxylic acids is 1. The minimum atomic E-state index is -1.16. The van der Waals surface area contributed by atoms with E-state index in [1.54, 1.807) is 0 Å². The minimum absolute atomic E-state index is 0.104. The van der Waals surface area contributed by atoms with E-state index < -0.39 is 17.6 Å². The molecule has 0 radical (unpaired) electrons. The molecule has 1 N–H and O–H groups in total. The first-order valence-corrected chi connectivity index (χ1v) is 8.06. The van der Waals surface area contributed by atoms with Crippen LogP contribution in [0.3, 0.4) is 0 Å². The van der Waals surface area contributed by atoms with Crippen LogP contribution in [-0.4, -0.2) is 30.1 Å². The van der Waals surface area contributed by atoms with Gasteiger partial charge in [0.15, 0.2) is 11.6 Å². The molecule has 0 amide bonds. The Hall–Kier alpha value is -1.30. The maximum Gasteiger partial charge on any atom is 0.340 e. The molecule has 1 fully saturated rings. The Morgan fingerprint density at radius 2 is 2.14 bits per heavy atom. The predicted molar refractivity (Wildman–Crippen MR) is 80.9 cm³/mol. The smallest absolute Gasteiger partial charge is 0.340 e. The highest BCUT2D eigenvalue weighted by molar-refractivity contribution is 7.99. The fourth-order valence-electron chi connectivity index (χ4n) is 2.61. The Morgan fingerprint density at radius 1 is 1.38 bits per heavy atom. The number of anilines is 1. The third kappa shape index (κ3) is 3.67. The van der Waals surface area contributed by atoms with Gasteiger partial charge in [0.25, 0.3) is 0 Å². The molecule has 2 atom stereocenters. The summed E-state index contributed by atoms with van der Waals surface area (Å²) in [7, 11) is 1.13. The number of nitrogens with one attached hydrogen (secondary N) is 1. The number of esters is 1. The van der Waals surface area contributed by atoms with Crippen LogP contribution in [0.15, 0.2) is 12.1 Å². The fraction of sp³-hybridized carbons (Fsp3) is 0.533. The maximum absolute atomic E-state index is 14.0. The molecule has 0 saturated heterocycles. The summed E-state index contributed by atoms with van der Waals surface area (Å²) in [4.78, 5) is 11.3. The molecule has 0 bridgehead atoms. The second kappa shape index (κ2) is 7.11. The first-order valence-electron chi connectivity index (χ1n) is 7.01. The van der Waals surface area contributed by atoms with Gasteiger partial charge < -0.3 is 10.1 Å². The molecule has 1 aromatic carbocycles. The molecule has 1 aliphatic rings. The second-order valence-corrected chi connectivity index (χ2v) is 6.59. The van der Waals surface area contributed by atoms with Gasteiger partial charge in [-0.1, -0.05) is 6.92 Å². The molecule has 2 unspecified atom stereocenters. The van der Waals surface area contributed by atoms with Crippen LogP contribution in [-0.2, 0) is 4.74 Å². The summed E-state index contributed by atoms with van der Waals surface area (Å²) < 4.78 is 32.3. The number of hydrogen-bond donors (Lipinski definition) is 1. The number of ether oxygens (including phenoxy) is 1. The van der Waals surface area contributed by atoms with Gasteiger partial charge in [-0.2, -0.15) is 11.8 Å². The van der Waals surface area contributed by atoms with Crippen molar-refractivity contribution in [1.82, 2.24) is 0 Å². The van der Waals surface area contributed by atoms with Gasteiger partial charge in [-0.25, -0.2) is 13.6 Å². The van der Waals surface area contributed by atoms with Crippen LogP contribution in [0, 0.1) is 11.6 Å². The highest BCUT2D eigenvalue weighted by atomic mass is 32.2. The van der Waals surface area contributed by atoms with Crippen molar-refractivity contribution in [2.45, 2.75) is 37.5 Å². The lowest BCUT2D eigenvalue weighted by Crippen LogP contribution is -2.18. The number of carbonyl (C=O) groups is 1. The highest BCUT2D eigenvalue weighted by Crippen LogP contribution is 2.32. The van der Waals surface area contributed by atoms with E-state index >= 15 is 0 Å². The van der Waals surface area contributed by atoms with E-state index in [-0.39, 0.29) is 17.3 Å². The first kappa shape index (κ1) is 16.1. The van der Waals surface area contributed by atoms with Gasteiger partial charge >= 0.3 is 5.97 Å². The summed E-state index contributed by atoms with van der Waals surface area (Å²) in [6.07, 6.45) is 2.97. The summed E-state index contributed by atoms with van der Waals surface area (Å²) in [5, 5.41) is 3.62. The molecule has 1 aliphatic carbocycles. The molecule has 21 heavy (non-hydrogen) atoms. The van der Waals surface area contributed by atoms with E-state index in [2.05, 4.69) is 17.0 Å². The Morgan fingerprint density at radius 3 is 2.81 bits per heavy atom. The van der Waals surface area contributed by atoms with Crippen molar-refractivity contribution < 1.29 is 18.3 Å². The molecule has 1 aromatic rings. The molecule has 0 aliphatic heterocycles. The van der Waals surface area contributed by atoms with Crippen LogP contribution in [0.1, 0.15) is 36.5 Å². The van der Waals surface area contributed by atoms with E-state index in [0.29, 0.717) is 5.25 Å². The molecule has 6 heteroatoms. The quantitative estimate of drug-likeness (QED) is 0.838. The standard InChI is InChI=1S/C15H19F2NO2S/c1-3-21-10-5-4-9(8-10)18-12-7-6-11(15(19)20-2)13(16)14(12)17/h6-7,9-10,18H,3-5,8H2,1-2H3. The van der Waals surface area contributed by atoms with Crippen LogP contribution >= 0.6 is 11.8 Å². The predicted octanol–water partition coefficient (Wildman–Crippen LogP) is 3.84. The number of halogens is 2. The van der Waals surface area contributed by atoms with Crippen LogP contribution in [0.25, 0.3) is 0 Å². The average molecular weight is 315 g/mol. The van der Waals surface area contributed by atoms with Crippen molar-refractivity contribution in [3.8, 4) is 0 Å². The number of rotatable bonds is 5. The third-order valence-electron chi connectivity index (χ3n) is 3.63. The van der Waals surface area contributed by atoms with Gasteiger partial charge in [-0.05, 0) is 37.1 Å². The monoisotopic (exact) mass is 315 g/mol. The van der Waals surface area contributed by atoms with E-state index in [4.69, 9.17) is 0 Å². The van der Waals surface area contributed by atoms with Crippen molar-refractivity contribution in [3.05, 3.63) is 29.3 Å². The van der Waals surface area contributed by atoms with Gasteiger partial charge in [-0.15, -0.1) is 0 Å². The van der Waals surface area contributed by atoms with Crippen LogP contribution in [0.5, 0.6) is 0 Å². The first-order chi connectivity index (χ1) is 10.1. The van der Waals surface area contributed by atoms with Crippen LogP contribution in [0.4, 0.5) is 14.5 Å². The van der Waals surface area contributed by atoms with E-state index in [0.717, 1.165) is 32.1 Å². The van der Waals surface area contributed by atoms with E-state index in [9.17, 15) is 13.6 Å².